The highest BCUT2D eigenvalue weighted by molar-refractivity contribution is 7.09. The van der Waals surface area contributed by atoms with Crippen molar-refractivity contribution in [2.24, 2.45) is 0 Å². The number of hydrogen-bond acceptors (Lipinski definition) is 2. The van der Waals surface area contributed by atoms with E-state index in [0.29, 0.717) is 0 Å². The lowest BCUT2D eigenvalue weighted by Gasteiger charge is -2.06. The molecule has 1 aromatic carbocycles. The fourth-order valence-corrected chi connectivity index (χ4v) is 2.95. The van der Waals surface area contributed by atoms with Gasteiger partial charge in [-0.15, -0.1) is 11.3 Å². The fraction of sp³-hybridized carbons (Fsp3) is 0.438. The molecule has 0 N–H and O–H groups in total. The highest BCUT2D eigenvalue weighted by Crippen LogP contribution is 2.18. The molecule has 0 saturated carbocycles. The summed E-state index contributed by atoms with van der Waals surface area (Å²) in [6.07, 6.45) is 3.94. The zero-order valence-electron chi connectivity index (χ0n) is 11.8. The molecule has 0 aliphatic rings. The largest absolute Gasteiger partial charge is 0.246 e. The minimum atomic E-state index is -0.0965. The summed E-state index contributed by atoms with van der Waals surface area (Å²) in [6, 6.07) is 3.74. The van der Waals surface area contributed by atoms with Gasteiger partial charge in [0.05, 0.1) is 10.7 Å². The molecule has 1 nitrogen and oxygen atoms in total. The van der Waals surface area contributed by atoms with Crippen molar-refractivity contribution in [3.8, 4) is 0 Å². The van der Waals surface area contributed by atoms with Crippen molar-refractivity contribution in [2.75, 3.05) is 0 Å². The lowest BCUT2D eigenvalue weighted by atomic mass is 10.0. The number of benzene rings is 1. The van der Waals surface area contributed by atoms with Crippen molar-refractivity contribution in [1.82, 2.24) is 4.98 Å². The van der Waals surface area contributed by atoms with Gasteiger partial charge in [0.25, 0.3) is 0 Å². The lowest BCUT2D eigenvalue weighted by molar-refractivity contribution is 0.614. The molecule has 0 unspecified atom stereocenters. The molecule has 0 fully saturated rings. The van der Waals surface area contributed by atoms with Crippen molar-refractivity contribution in [3.05, 3.63) is 50.7 Å². The van der Waals surface area contributed by atoms with E-state index in [1.54, 1.807) is 17.4 Å². The van der Waals surface area contributed by atoms with Crippen LogP contribution in [0.3, 0.4) is 0 Å². The number of aryl methyl sites for hydroxylation is 4. The first-order valence-electron chi connectivity index (χ1n) is 6.79. The summed E-state index contributed by atoms with van der Waals surface area (Å²) < 4.78 is 13.7. The Hall–Kier alpha value is -1.22. The summed E-state index contributed by atoms with van der Waals surface area (Å²) in [5, 5.41) is 3.29. The second kappa shape index (κ2) is 6.29. The first-order chi connectivity index (χ1) is 9.10. The summed E-state index contributed by atoms with van der Waals surface area (Å²) in [5.74, 6) is -0.0965. The highest BCUT2D eigenvalue weighted by Gasteiger charge is 2.06. The number of hydrogen-bond donors (Lipinski definition) is 0. The molecule has 0 bridgehead atoms. The first-order valence-corrected chi connectivity index (χ1v) is 7.67. The van der Waals surface area contributed by atoms with Crippen LogP contribution >= 0.6 is 11.3 Å². The Labute approximate surface area is 118 Å². The Morgan fingerprint density at radius 2 is 1.95 bits per heavy atom. The molecule has 0 aliphatic heterocycles. The zero-order valence-corrected chi connectivity index (χ0v) is 12.6. The van der Waals surface area contributed by atoms with E-state index < -0.39 is 0 Å². The average Bonchev–Trinajstić information content (AvgIpc) is 2.81. The van der Waals surface area contributed by atoms with Gasteiger partial charge in [-0.25, -0.2) is 9.37 Å². The van der Waals surface area contributed by atoms with Crippen LogP contribution in [-0.4, -0.2) is 4.98 Å². The summed E-state index contributed by atoms with van der Waals surface area (Å²) in [5.41, 5.74) is 4.03. The van der Waals surface area contributed by atoms with Gasteiger partial charge in [0.15, 0.2) is 0 Å². The molecule has 0 aliphatic carbocycles. The quantitative estimate of drug-likeness (QED) is 0.776. The summed E-state index contributed by atoms with van der Waals surface area (Å²) in [6.45, 7) is 5.95. The third-order valence-corrected chi connectivity index (χ3v) is 4.35. The van der Waals surface area contributed by atoms with Gasteiger partial charge in [-0.2, -0.15) is 0 Å². The van der Waals surface area contributed by atoms with Crippen LogP contribution in [0.5, 0.6) is 0 Å². The molecule has 2 rings (SSSR count). The van der Waals surface area contributed by atoms with Gasteiger partial charge >= 0.3 is 0 Å². The molecular formula is C16H20FNS. The molecule has 3 heteroatoms. The van der Waals surface area contributed by atoms with Crippen LogP contribution in [0.25, 0.3) is 0 Å². The standard InChI is InChI=1S/C16H20FNS/c1-4-5-14-10-19-16(18-14)7-6-13-8-11(2)12(3)15(17)9-13/h8-10H,4-7H2,1-3H3. The lowest BCUT2D eigenvalue weighted by Crippen LogP contribution is -1.96. The Kier molecular flexibility index (Phi) is 4.70. The number of aromatic nitrogens is 1. The van der Waals surface area contributed by atoms with Crippen molar-refractivity contribution in [1.29, 1.82) is 0 Å². The molecule has 0 saturated heterocycles. The van der Waals surface area contributed by atoms with E-state index in [2.05, 4.69) is 23.4 Å². The van der Waals surface area contributed by atoms with Crippen LogP contribution in [0, 0.1) is 19.7 Å². The molecule has 2 aromatic rings. The van der Waals surface area contributed by atoms with Crippen LogP contribution in [-0.2, 0) is 19.3 Å². The van der Waals surface area contributed by atoms with Gasteiger partial charge in [-0.1, -0.05) is 19.4 Å². The highest BCUT2D eigenvalue weighted by atomic mass is 32.1. The van der Waals surface area contributed by atoms with E-state index in [1.165, 1.54) is 5.69 Å². The van der Waals surface area contributed by atoms with Gasteiger partial charge in [-0.3, -0.25) is 0 Å². The van der Waals surface area contributed by atoms with Crippen molar-refractivity contribution in [2.45, 2.75) is 46.5 Å². The Morgan fingerprint density at radius 1 is 1.16 bits per heavy atom. The smallest absolute Gasteiger partial charge is 0.126 e. The summed E-state index contributed by atoms with van der Waals surface area (Å²) >= 11 is 1.72. The monoisotopic (exact) mass is 277 g/mol. The van der Waals surface area contributed by atoms with Gasteiger partial charge < -0.3 is 0 Å². The Bertz CT molecular complexity index is 537. The second-order valence-electron chi connectivity index (χ2n) is 5.00. The van der Waals surface area contributed by atoms with Gasteiger partial charge in [0.2, 0.25) is 0 Å². The van der Waals surface area contributed by atoms with Gasteiger partial charge in [0, 0.05) is 11.8 Å². The zero-order chi connectivity index (χ0) is 13.8. The molecule has 0 amide bonds. The summed E-state index contributed by atoms with van der Waals surface area (Å²) in [7, 11) is 0. The molecule has 1 aromatic heterocycles. The maximum Gasteiger partial charge on any atom is 0.126 e. The van der Waals surface area contributed by atoms with Crippen LogP contribution in [0.4, 0.5) is 4.39 Å². The predicted octanol–water partition coefficient (Wildman–Crippen LogP) is 4.64. The second-order valence-corrected chi connectivity index (χ2v) is 5.94. The van der Waals surface area contributed by atoms with Gasteiger partial charge in [-0.05, 0) is 49.4 Å². The molecular weight excluding hydrogens is 257 g/mol. The van der Waals surface area contributed by atoms with Crippen LogP contribution in [0.2, 0.25) is 0 Å². The van der Waals surface area contributed by atoms with Crippen molar-refractivity contribution >= 4 is 11.3 Å². The minimum absolute atomic E-state index is 0.0965. The van der Waals surface area contributed by atoms with Crippen molar-refractivity contribution < 1.29 is 4.39 Å². The predicted molar refractivity (Wildman–Crippen MR) is 79.4 cm³/mol. The van der Waals surface area contributed by atoms with Crippen LogP contribution in [0.15, 0.2) is 17.5 Å². The van der Waals surface area contributed by atoms with Gasteiger partial charge in [0.1, 0.15) is 5.82 Å². The Balaban J connectivity index is 2.01. The SMILES string of the molecule is CCCc1csc(CCc2cc(C)c(C)c(F)c2)n1. The van der Waals surface area contributed by atoms with E-state index in [9.17, 15) is 4.39 Å². The molecule has 1 heterocycles. The number of nitrogens with zero attached hydrogens (tertiary/aromatic N) is 1. The molecule has 0 atom stereocenters. The van der Waals surface area contributed by atoms with E-state index in [0.717, 1.165) is 47.4 Å². The number of thiazole rings is 1. The number of rotatable bonds is 5. The van der Waals surface area contributed by atoms with E-state index in [4.69, 9.17) is 0 Å². The van der Waals surface area contributed by atoms with Crippen LogP contribution < -0.4 is 0 Å². The molecule has 0 radical (unpaired) electrons. The van der Waals surface area contributed by atoms with E-state index in [1.807, 2.05) is 13.8 Å². The van der Waals surface area contributed by atoms with Crippen molar-refractivity contribution in [3.63, 3.8) is 0 Å². The average molecular weight is 277 g/mol. The topological polar surface area (TPSA) is 12.9 Å². The molecule has 19 heavy (non-hydrogen) atoms. The maximum absolute atomic E-state index is 13.7. The third kappa shape index (κ3) is 3.63. The van der Waals surface area contributed by atoms with Crippen LogP contribution in [0.1, 0.15) is 40.7 Å². The van der Waals surface area contributed by atoms with E-state index in [-0.39, 0.29) is 5.82 Å². The summed E-state index contributed by atoms with van der Waals surface area (Å²) in [4.78, 5) is 4.60. The first kappa shape index (κ1) is 14.2. The molecule has 102 valence electrons. The Morgan fingerprint density at radius 3 is 2.63 bits per heavy atom. The van der Waals surface area contributed by atoms with E-state index >= 15 is 0 Å². The normalized spacial score (nSPS) is 10.9. The third-order valence-electron chi connectivity index (χ3n) is 3.40. The number of halogens is 1. The molecule has 0 spiro atoms. The fourth-order valence-electron chi connectivity index (χ4n) is 2.12. The maximum atomic E-state index is 13.7. The minimum Gasteiger partial charge on any atom is -0.246 e.